The fourth-order valence-corrected chi connectivity index (χ4v) is 2.34. The summed E-state index contributed by atoms with van der Waals surface area (Å²) in [5.74, 6) is -0.820. The molecule has 6 heteroatoms. The van der Waals surface area contributed by atoms with Crippen LogP contribution < -0.4 is 5.32 Å². The van der Waals surface area contributed by atoms with E-state index in [9.17, 15) is 9.59 Å². The Bertz CT molecular complexity index is 482. The number of benzene rings is 1. The number of hydrogen-bond donors (Lipinski definition) is 2. The van der Waals surface area contributed by atoms with Crippen LogP contribution >= 0.6 is 12.4 Å². The van der Waals surface area contributed by atoms with Crippen molar-refractivity contribution in [3.8, 4) is 0 Å². The minimum Gasteiger partial charge on any atom is -0.480 e. The quantitative estimate of drug-likeness (QED) is 0.723. The predicted octanol–water partition coefficient (Wildman–Crippen LogP) is 2.51. The number of aliphatic carboxylic acids is 1. The summed E-state index contributed by atoms with van der Waals surface area (Å²) in [7, 11) is 0. The van der Waals surface area contributed by atoms with Crippen molar-refractivity contribution >= 4 is 24.3 Å². The van der Waals surface area contributed by atoms with Gasteiger partial charge in [-0.05, 0) is 31.4 Å². The molecule has 0 aliphatic rings. The van der Waals surface area contributed by atoms with Crippen LogP contribution in [0, 0.1) is 0 Å². The Morgan fingerprint density at radius 2 is 1.83 bits per heavy atom. The molecule has 1 amide bonds. The standard InChI is InChI=1S/C17H26N2O3.ClH/c1-4-10-19(12-16(20)21)14(3)17(22)18-11-13(2)15-8-6-5-7-9-15;/h5-9,13-14H,4,10-12H2,1-3H3,(H,18,22)(H,20,21);1H. The Kier molecular flexibility index (Phi) is 10.3. The van der Waals surface area contributed by atoms with Crippen molar-refractivity contribution in [2.45, 2.75) is 39.2 Å². The van der Waals surface area contributed by atoms with Gasteiger partial charge < -0.3 is 10.4 Å². The predicted molar refractivity (Wildman–Crippen MR) is 94.1 cm³/mol. The third-order valence-electron chi connectivity index (χ3n) is 3.73. The molecule has 130 valence electrons. The van der Waals surface area contributed by atoms with Crippen LogP contribution in [0.2, 0.25) is 0 Å². The van der Waals surface area contributed by atoms with E-state index in [2.05, 4.69) is 12.2 Å². The molecule has 0 bridgehead atoms. The Labute approximate surface area is 144 Å². The summed E-state index contributed by atoms with van der Waals surface area (Å²) in [4.78, 5) is 24.8. The third kappa shape index (κ3) is 7.48. The minimum atomic E-state index is -0.911. The molecule has 0 aromatic heterocycles. The molecule has 5 nitrogen and oxygen atoms in total. The molecule has 23 heavy (non-hydrogen) atoms. The maximum absolute atomic E-state index is 12.2. The summed E-state index contributed by atoms with van der Waals surface area (Å²) in [6.07, 6.45) is 0.811. The molecule has 0 radical (unpaired) electrons. The lowest BCUT2D eigenvalue weighted by Crippen LogP contribution is -2.48. The van der Waals surface area contributed by atoms with Gasteiger partial charge in [-0.25, -0.2) is 0 Å². The highest BCUT2D eigenvalue weighted by atomic mass is 35.5. The number of carboxylic acids is 1. The van der Waals surface area contributed by atoms with E-state index < -0.39 is 12.0 Å². The summed E-state index contributed by atoms with van der Waals surface area (Å²) in [5, 5.41) is 11.9. The molecule has 0 spiro atoms. The highest BCUT2D eigenvalue weighted by Crippen LogP contribution is 2.13. The Morgan fingerprint density at radius 1 is 1.22 bits per heavy atom. The normalized spacial score (nSPS) is 13.0. The van der Waals surface area contributed by atoms with Crippen molar-refractivity contribution in [3.05, 3.63) is 35.9 Å². The maximum atomic E-state index is 12.2. The number of amides is 1. The van der Waals surface area contributed by atoms with Gasteiger partial charge in [-0.15, -0.1) is 12.4 Å². The van der Waals surface area contributed by atoms with Crippen molar-refractivity contribution in [1.82, 2.24) is 10.2 Å². The molecule has 1 aromatic carbocycles. The van der Waals surface area contributed by atoms with Gasteiger partial charge in [0.25, 0.3) is 0 Å². The van der Waals surface area contributed by atoms with Crippen molar-refractivity contribution in [3.63, 3.8) is 0 Å². The van der Waals surface area contributed by atoms with E-state index in [1.54, 1.807) is 11.8 Å². The van der Waals surface area contributed by atoms with Crippen LogP contribution in [-0.4, -0.2) is 47.6 Å². The number of halogens is 1. The average molecular weight is 343 g/mol. The van der Waals surface area contributed by atoms with Crippen molar-refractivity contribution in [2.75, 3.05) is 19.6 Å². The van der Waals surface area contributed by atoms with Gasteiger partial charge in [0.2, 0.25) is 5.91 Å². The Hall–Kier alpha value is -1.59. The molecule has 0 aliphatic carbocycles. The summed E-state index contributed by atoms with van der Waals surface area (Å²) in [6.45, 7) is 6.80. The molecule has 1 aromatic rings. The summed E-state index contributed by atoms with van der Waals surface area (Å²) in [6, 6.07) is 9.55. The van der Waals surface area contributed by atoms with E-state index in [0.717, 1.165) is 6.42 Å². The number of hydrogen-bond acceptors (Lipinski definition) is 3. The minimum absolute atomic E-state index is 0. The van der Waals surface area contributed by atoms with E-state index in [1.807, 2.05) is 37.3 Å². The summed E-state index contributed by atoms with van der Waals surface area (Å²) >= 11 is 0. The van der Waals surface area contributed by atoms with Crippen LogP contribution in [-0.2, 0) is 9.59 Å². The smallest absolute Gasteiger partial charge is 0.317 e. The van der Waals surface area contributed by atoms with Crippen molar-refractivity contribution < 1.29 is 14.7 Å². The van der Waals surface area contributed by atoms with Crippen LogP contribution in [0.25, 0.3) is 0 Å². The number of carbonyl (C=O) groups excluding carboxylic acids is 1. The largest absolute Gasteiger partial charge is 0.480 e. The van der Waals surface area contributed by atoms with Gasteiger partial charge in [-0.1, -0.05) is 44.2 Å². The molecule has 1 rings (SSSR count). The van der Waals surface area contributed by atoms with E-state index in [4.69, 9.17) is 5.11 Å². The molecule has 0 saturated heterocycles. The van der Waals surface area contributed by atoms with Crippen LogP contribution in [0.3, 0.4) is 0 Å². The number of nitrogens with zero attached hydrogens (tertiary/aromatic N) is 1. The van der Waals surface area contributed by atoms with Crippen molar-refractivity contribution in [2.24, 2.45) is 0 Å². The molecule has 2 unspecified atom stereocenters. The zero-order valence-corrected chi connectivity index (χ0v) is 14.8. The number of rotatable bonds is 9. The first-order valence-corrected chi connectivity index (χ1v) is 7.74. The van der Waals surface area contributed by atoms with E-state index >= 15 is 0 Å². The lowest BCUT2D eigenvalue weighted by Gasteiger charge is -2.26. The molecular formula is C17H27ClN2O3. The fraction of sp³-hybridized carbons (Fsp3) is 0.529. The van der Waals surface area contributed by atoms with Crippen LogP contribution in [0.5, 0.6) is 0 Å². The van der Waals surface area contributed by atoms with E-state index in [-0.39, 0.29) is 30.8 Å². The SMILES string of the molecule is CCCN(CC(=O)O)C(C)C(=O)NCC(C)c1ccccc1.Cl. The highest BCUT2D eigenvalue weighted by Gasteiger charge is 2.22. The maximum Gasteiger partial charge on any atom is 0.317 e. The second-order valence-electron chi connectivity index (χ2n) is 5.60. The first-order valence-electron chi connectivity index (χ1n) is 7.74. The molecule has 0 saturated carbocycles. The molecule has 2 atom stereocenters. The zero-order valence-electron chi connectivity index (χ0n) is 14.0. The average Bonchev–Trinajstić information content (AvgIpc) is 2.51. The molecular weight excluding hydrogens is 316 g/mol. The lowest BCUT2D eigenvalue weighted by atomic mass is 10.0. The van der Waals surface area contributed by atoms with Crippen molar-refractivity contribution in [1.29, 1.82) is 0 Å². The number of nitrogens with one attached hydrogen (secondary N) is 1. The van der Waals surface area contributed by atoms with E-state index in [1.165, 1.54) is 5.56 Å². The summed E-state index contributed by atoms with van der Waals surface area (Å²) < 4.78 is 0. The zero-order chi connectivity index (χ0) is 16.5. The van der Waals surface area contributed by atoms with Gasteiger partial charge in [-0.3, -0.25) is 14.5 Å². The van der Waals surface area contributed by atoms with Crippen LogP contribution in [0.4, 0.5) is 0 Å². The molecule has 2 N–H and O–H groups in total. The topological polar surface area (TPSA) is 69.6 Å². The van der Waals surface area contributed by atoms with Crippen LogP contribution in [0.15, 0.2) is 30.3 Å². The second-order valence-corrected chi connectivity index (χ2v) is 5.60. The van der Waals surface area contributed by atoms with Gasteiger partial charge >= 0.3 is 5.97 Å². The number of carbonyl (C=O) groups is 2. The first-order chi connectivity index (χ1) is 10.5. The molecule has 0 heterocycles. The molecule has 0 fully saturated rings. The monoisotopic (exact) mass is 342 g/mol. The first kappa shape index (κ1) is 21.4. The molecule has 0 aliphatic heterocycles. The highest BCUT2D eigenvalue weighted by molar-refractivity contribution is 5.85. The fourth-order valence-electron chi connectivity index (χ4n) is 2.34. The number of carboxylic acid groups (broad SMARTS) is 1. The third-order valence-corrected chi connectivity index (χ3v) is 3.73. The van der Waals surface area contributed by atoms with Gasteiger partial charge in [0.1, 0.15) is 0 Å². The van der Waals surface area contributed by atoms with Crippen LogP contribution in [0.1, 0.15) is 38.7 Å². The summed E-state index contributed by atoms with van der Waals surface area (Å²) in [5.41, 5.74) is 1.17. The Morgan fingerprint density at radius 3 is 2.35 bits per heavy atom. The van der Waals surface area contributed by atoms with Gasteiger partial charge in [0, 0.05) is 6.54 Å². The Balaban J connectivity index is 0.00000484. The van der Waals surface area contributed by atoms with Gasteiger partial charge in [0.15, 0.2) is 0 Å². The van der Waals surface area contributed by atoms with E-state index in [0.29, 0.717) is 13.1 Å². The van der Waals surface area contributed by atoms with Gasteiger partial charge in [0.05, 0.1) is 12.6 Å². The second kappa shape index (κ2) is 11.0. The van der Waals surface area contributed by atoms with Gasteiger partial charge in [-0.2, -0.15) is 0 Å². The lowest BCUT2D eigenvalue weighted by molar-refractivity contribution is -0.139.